The second-order valence-corrected chi connectivity index (χ2v) is 11.6. The van der Waals surface area contributed by atoms with Crippen molar-refractivity contribution in [3.05, 3.63) is 96.1 Å². The number of ether oxygens (including phenoxy) is 4. The molecule has 0 saturated heterocycles. The maximum Gasteiger partial charge on any atom is 0.414 e. The van der Waals surface area contributed by atoms with Crippen molar-refractivity contribution >= 4 is 35.9 Å². The number of esters is 1. The van der Waals surface area contributed by atoms with Gasteiger partial charge in [-0.2, -0.15) is 0 Å². The second-order valence-electron chi connectivity index (χ2n) is 11.6. The van der Waals surface area contributed by atoms with Gasteiger partial charge in [0.25, 0.3) is 0 Å². The minimum atomic E-state index is -0.934. The van der Waals surface area contributed by atoms with Crippen molar-refractivity contribution in [1.82, 2.24) is 16.0 Å². The average Bonchev–Trinajstić information content (AvgIpc) is 2.99. The van der Waals surface area contributed by atoms with Crippen LogP contribution in [0.3, 0.4) is 0 Å². The zero-order valence-corrected chi connectivity index (χ0v) is 26.6. The first-order chi connectivity index (χ1) is 21.9. The van der Waals surface area contributed by atoms with E-state index in [1.807, 2.05) is 50.2 Å². The fourth-order valence-corrected chi connectivity index (χ4v) is 3.84. The van der Waals surface area contributed by atoms with Crippen LogP contribution in [0.2, 0.25) is 0 Å². The van der Waals surface area contributed by atoms with E-state index in [2.05, 4.69) is 20.9 Å². The van der Waals surface area contributed by atoms with Crippen molar-refractivity contribution in [2.75, 3.05) is 0 Å². The molecule has 0 aliphatic rings. The van der Waals surface area contributed by atoms with E-state index < -0.39 is 35.9 Å². The van der Waals surface area contributed by atoms with Gasteiger partial charge in [0.1, 0.15) is 30.6 Å². The largest absolute Gasteiger partial charge is 0.444 e. The zero-order chi connectivity index (χ0) is 33.5. The lowest BCUT2D eigenvalue weighted by molar-refractivity contribution is -0.137. The van der Waals surface area contributed by atoms with Gasteiger partial charge in [0.15, 0.2) is 0 Å². The van der Waals surface area contributed by atoms with E-state index in [0.717, 1.165) is 11.1 Å². The van der Waals surface area contributed by atoms with Crippen LogP contribution in [0, 0.1) is 5.92 Å². The number of carbonyl (C=O) groups excluding carboxylic acids is 4. The first-order valence-corrected chi connectivity index (χ1v) is 14.7. The van der Waals surface area contributed by atoms with E-state index in [1.165, 1.54) is 24.3 Å². The van der Waals surface area contributed by atoms with Crippen molar-refractivity contribution in [3.63, 3.8) is 0 Å². The predicted molar refractivity (Wildman–Crippen MR) is 171 cm³/mol. The van der Waals surface area contributed by atoms with Crippen LogP contribution in [0.15, 0.2) is 89.9 Å². The lowest BCUT2D eigenvalue weighted by atomic mass is 10.0. The lowest BCUT2D eigenvalue weighted by Crippen LogP contribution is -2.45. The Morgan fingerprint density at radius 2 is 1.22 bits per heavy atom. The van der Waals surface area contributed by atoms with Gasteiger partial charge in [-0.05, 0) is 68.5 Å². The normalized spacial score (nSPS) is 11.4. The number of hydrogen-bond acceptors (Lipinski definition) is 9. The number of carbonyl (C=O) groups is 4. The van der Waals surface area contributed by atoms with Gasteiger partial charge in [-0.3, -0.25) is 10.6 Å². The molecule has 0 saturated carbocycles. The highest BCUT2D eigenvalue weighted by molar-refractivity contribution is 6.02. The number of nitrogens with zero attached hydrogens (tertiary/aromatic N) is 1. The van der Waals surface area contributed by atoms with Crippen LogP contribution < -0.4 is 20.7 Å². The lowest BCUT2D eigenvalue weighted by Gasteiger charge is -2.23. The highest BCUT2D eigenvalue weighted by Gasteiger charge is 2.27. The highest BCUT2D eigenvalue weighted by Crippen LogP contribution is 2.20. The van der Waals surface area contributed by atoms with E-state index in [4.69, 9.17) is 18.9 Å². The van der Waals surface area contributed by atoms with Crippen LogP contribution in [-0.2, 0) is 32.2 Å². The molecule has 0 fully saturated rings. The topological polar surface area (TPSA) is 154 Å². The monoisotopic (exact) mass is 632 g/mol. The van der Waals surface area contributed by atoms with Crippen LogP contribution in [0.5, 0.6) is 5.75 Å². The van der Waals surface area contributed by atoms with Gasteiger partial charge in [-0.15, -0.1) is 0 Å². The number of hydrogen-bond donors (Lipinski definition) is 3. The van der Waals surface area contributed by atoms with E-state index in [1.54, 1.807) is 45.0 Å². The molecule has 3 amide bonds. The first-order valence-electron chi connectivity index (χ1n) is 14.7. The third kappa shape index (κ3) is 13.5. The van der Waals surface area contributed by atoms with Crippen LogP contribution >= 0.6 is 0 Å². The third-order valence-electron chi connectivity index (χ3n) is 5.85. The molecule has 0 unspecified atom stereocenters. The molecular weight excluding hydrogens is 592 g/mol. The minimum Gasteiger partial charge on any atom is -0.444 e. The molecule has 46 heavy (non-hydrogen) atoms. The Labute approximate surface area is 268 Å². The quantitative estimate of drug-likeness (QED) is 0.0766. The van der Waals surface area contributed by atoms with Crippen LogP contribution in [-0.4, -0.2) is 41.9 Å². The Morgan fingerprint density at radius 1 is 0.717 bits per heavy atom. The Kier molecular flexibility index (Phi) is 13.1. The van der Waals surface area contributed by atoms with Gasteiger partial charge >= 0.3 is 24.2 Å². The molecule has 3 aromatic rings. The fourth-order valence-electron chi connectivity index (χ4n) is 3.84. The van der Waals surface area contributed by atoms with Crippen LogP contribution in [0.25, 0.3) is 0 Å². The number of rotatable bonds is 10. The van der Waals surface area contributed by atoms with Crippen molar-refractivity contribution in [3.8, 4) is 5.75 Å². The standard InChI is InChI=1S/C34H40N4O8/c1-23(2)20-28(36-33(42)46-34(3,4)5)29(39)45-27-18-16-26(17-19-27)35-30(37-31(40)43-21-24-12-8-6-9-13-24)38-32(41)44-22-25-14-10-7-11-15-25/h6-19,23,28H,20-22H2,1-5H3,(H,36,42)(H2,35,37,38,40,41)/t28-/m0/s1. The van der Waals surface area contributed by atoms with Gasteiger partial charge in [-0.1, -0.05) is 74.5 Å². The van der Waals surface area contributed by atoms with Gasteiger partial charge in [0.05, 0.1) is 5.69 Å². The summed E-state index contributed by atoms with van der Waals surface area (Å²) < 4.78 is 21.3. The number of benzene rings is 3. The van der Waals surface area contributed by atoms with E-state index >= 15 is 0 Å². The number of aliphatic imine (C=N–C) groups is 1. The summed E-state index contributed by atoms with van der Waals surface area (Å²) in [6.07, 6.45) is -2.10. The summed E-state index contributed by atoms with van der Waals surface area (Å²) in [5.74, 6) is -0.640. The van der Waals surface area contributed by atoms with Crippen LogP contribution in [0.1, 0.15) is 52.2 Å². The second kappa shape index (κ2) is 17.2. The Morgan fingerprint density at radius 3 is 1.67 bits per heavy atom. The maximum atomic E-state index is 12.9. The van der Waals surface area contributed by atoms with Crippen molar-refractivity contribution in [1.29, 1.82) is 0 Å². The molecule has 0 aliphatic carbocycles. The summed E-state index contributed by atoms with van der Waals surface area (Å²) in [5, 5.41) is 7.42. The summed E-state index contributed by atoms with van der Waals surface area (Å²) in [7, 11) is 0. The van der Waals surface area contributed by atoms with Gasteiger partial charge < -0.3 is 24.3 Å². The predicted octanol–water partition coefficient (Wildman–Crippen LogP) is 6.37. The third-order valence-corrected chi connectivity index (χ3v) is 5.85. The molecule has 244 valence electrons. The molecular formula is C34H40N4O8. The summed E-state index contributed by atoms with van der Waals surface area (Å²) in [5.41, 5.74) is 1.11. The Balaban J connectivity index is 1.69. The van der Waals surface area contributed by atoms with E-state index in [9.17, 15) is 19.2 Å². The maximum absolute atomic E-state index is 12.9. The minimum absolute atomic E-state index is 0.000933. The SMILES string of the molecule is CC(C)C[C@H](NC(=O)OC(C)(C)C)C(=O)Oc1ccc(N=C(NC(=O)OCc2ccccc2)NC(=O)OCc2ccccc2)cc1. The molecule has 12 nitrogen and oxygen atoms in total. The molecule has 0 aliphatic heterocycles. The fraction of sp³-hybridized carbons (Fsp3) is 0.324. The van der Waals surface area contributed by atoms with E-state index in [-0.39, 0.29) is 30.8 Å². The molecule has 12 heteroatoms. The first kappa shape index (κ1) is 35.1. The molecule has 0 spiro atoms. The number of alkyl carbamates (subject to hydrolysis) is 3. The molecule has 3 N–H and O–H groups in total. The van der Waals surface area contributed by atoms with Crippen LogP contribution in [0.4, 0.5) is 20.1 Å². The van der Waals surface area contributed by atoms with E-state index in [0.29, 0.717) is 12.1 Å². The summed E-state index contributed by atoms with van der Waals surface area (Å²) in [4.78, 5) is 54.6. The molecule has 1 atom stereocenters. The van der Waals surface area contributed by atoms with Gasteiger partial charge in [0.2, 0.25) is 5.96 Å². The molecule has 0 bridgehead atoms. The van der Waals surface area contributed by atoms with Crippen molar-refractivity contribution in [2.24, 2.45) is 10.9 Å². The molecule has 0 radical (unpaired) electrons. The van der Waals surface area contributed by atoms with Crippen molar-refractivity contribution in [2.45, 2.75) is 65.9 Å². The summed E-state index contributed by atoms with van der Waals surface area (Å²) >= 11 is 0. The zero-order valence-electron chi connectivity index (χ0n) is 26.6. The number of nitrogens with one attached hydrogen (secondary N) is 3. The summed E-state index contributed by atoms with van der Waals surface area (Å²) in [6.45, 7) is 9.01. The van der Waals surface area contributed by atoms with Gasteiger partial charge in [-0.25, -0.2) is 24.2 Å². The van der Waals surface area contributed by atoms with Gasteiger partial charge in [0, 0.05) is 0 Å². The molecule has 0 heterocycles. The smallest absolute Gasteiger partial charge is 0.414 e. The highest BCUT2D eigenvalue weighted by atomic mass is 16.6. The molecule has 3 aromatic carbocycles. The molecule has 0 aromatic heterocycles. The average molecular weight is 633 g/mol. The Hall–Kier alpha value is -5.39. The Bertz CT molecular complexity index is 1410. The number of amides is 3. The van der Waals surface area contributed by atoms with Crippen molar-refractivity contribution < 1.29 is 38.1 Å². The molecule has 3 rings (SSSR count). The summed E-state index contributed by atoms with van der Waals surface area (Å²) in [6, 6.07) is 23.2. The number of guanidine groups is 1.